The molecular weight excluding hydrogens is 298 g/mol. The molecule has 2 atom stereocenters. The summed E-state index contributed by atoms with van der Waals surface area (Å²) in [6, 6.07) is 10.3. The van der Waals surface area contributed by atoms with Crippen molar-refractivity contribution in [2.75, 3.05) is 31.6 Å². The van der Waals surface area contributed by atoms with Crippen LogP contribution in [0.4, 0.5) is 0 Å². The molecule has 1 aromatic rings. The molecule has 2 N–H and O–H groups in total. The SMILES string of the molecule is CN=C(NCC1CCS(=O)(=O)C1)NCC(C)c1ccccc1. The minimum absolute atomic E-state index is 0.190. The smallest absolute Gasteiger partial charge is 0.191 e. The minimum atomic E-state index is -2.81. The molecule has 2 unspecified atom stereocenters. The van der Waals surface area contributed by atoms with Crippen LogP contribution in [0.2, 0.25) is 0 Å². The van der Waals surface area contributed by atoms with Crippen molar-refractivity contribution in [1.29, 1.82) is 0 Å². The molecule has 1 heterocycles. The molecule has 1 aliphatic heterocycles. The monoisotopic (exact) mass is 323 g/mol. The molecule has 0 aliphatic carbocycles. The number of rotatable bonds is 5. The summed E-state index contributed by atoms with van der Waals surface area (Å²) in [7, 11) is -1.08. The average Bonchev–Trinajstić information content (AvgIpc) is 2.87. The zero-order chi connectivity index (χ0) is 16.0. The van der Waals surface area contributed by atoms with Crippen molar-refractivity contribution in [3.05, 3.63) is 35.9 Å². The van der Waals surface area contributed by atoms with E-state index in [1.54, 1.807) is 7.05 Å². The Morgan fingerprint density at radius 2 is 2.05 bits per heavy atom. The molecule has 0 saturated carbocycles. The number of benzene rings is 1. The maximum atomic E-state index is 11.5. The summed E-state index contributed by atoms with van der Waals surface area (Å²) in [4.78, 5) is 4.20. The van der Waals surface area contributed by atoms with Crippen LogP contribution >= 0.6 is 0 Å². The van der Waals surface area contributed by atoms with E-state index in [9.17, 15) is 8.42 Å². The highest BCUT2D eigenvalue weighted by molar-refractivity contribution is 7.91. The van der Waals surface area contributed by atoms with Crippen LogP contribution in [0.25, 0.3) is 0 Å². The first-order valence-corrected chi connectivity index (χ1v) is 9.52. The highest BCUT2D eigenvalue weighted by atomic mass is 32.2. The molecule has 0 bridgehead atoms. The zero-order valence-corrected chi connectivity index (χ0v) is 14.1. The van der Waals surface area contributed by atoms with Gasteiger partial charge in [-0.2, -0.15) is 0 Å². The van der Waals surface area contributed by atoms with Crippen molar-refractivity contribution in [3.63, 3.8) is 0 Å². The fourth-order valence-electron chi connectivity index (χ4n) is 2.64. The topological polar surface area (TPSA) is 70.6 Å². The molecule has 1 aromatic carbocycles. The van der Waals surface area contributed by atoms with Gasteiger partial charge in [-0.25, -0.2) is 8.42 Å². The standard InChI is InChI=1S/C16H25N3O2S/c1-13(15-6-4-3-5-7-15)10-18-16(17-2)19-11-14-8-9-22(20,21)12-14/h3-7,13-14H,8-12H2,1-2H3,(H2,17,18,19). The second kappa shape index (κ2) is 7.63. The summed E-state index contributed by atoms with van der Waals surface area (Å²) in [6.07, 6.45) is 0.743. The highest BCUT2D eigenvalue weighted by Crippen LogP contribution is 2.17. The number of sulfone groups is 1. The Balaban J connectivity index is 1.76. The van der Waals surface area contributed by atoms with Gasteiger partial charge in [-0.15, -0.1) is 0 Å². The Bertz CT molecular complexity index is 599. The van der Waals surface area contributed by atoms with E-state index in [0.29, 0.717) is 18.2 Å². The molecule has 0 aromatic heterocycles. The van der Waals surface area contributed by atoms with Crippen molar-refractivity contribution >= 4 is 15.8 Å². The van der Waals surface area contributed by atoms with Crippen LogP contribution in [0.3, 0.4) is 0 Å². The first-order chi connectivity index (χ1) is 10.5. The minimum Gasteiger partial charge on any atom is -0.356 e. The van der Waals surface area contributed by atoms with E-state index in [-0.39, 0.29) is 11.7 Å². The van der Waals surface area contributed by atoms with Gasteiger partial charge in [-0.05, 0) is 23.8 Å². The molecule has 122 valence electrons. The zero-order valence-electron chi connectivity index (χ0n) is 13.2. The lowest BCUT2D eigenvalue weighted by Crippen LogP contribution is -2.41. The molecule has 2 rings (SSSR count). The molecule has 6 heteroatoms. The quantitative estimate of drug-likeness (QED) is 0.634. The van der Waals surface area contributed by atoms with Gasteiger partial charge in [0.05, 0.1) is 11.5 Å². The summed E-state index contributed by atoms with van der Waals surface area (Å²) >= 11 is 0. The van der Waals surface area contributed by atoms with Crippen molar-refractivity contribution in [2.45, 2.75) is 19.3 Å². The average molecular weight is 323 g/mol. The van der Waals surface area contributed by atoms with E-state index in [2.05, 4.69) is 34.7 Å². The van der Waals surface area contributed by atoms with Crippen LogP contribution in [0.15, 0.2) is 35.3 Å². The van der Waals surface area contributed by atoms with Gasteiger partial charge in [0.25, 0.3) is 0 Å². The molecule has 0 spiro atoms. The molecule has 22 heavy (non-hydrogen) atoms. The van der Waals surface area contributed by atoms with Gasteiger partial charge >= 0.3 is 0 Å². The van der Waals surface area contributed by atoms with E-state index >= 15 is 0 Å². The molecular formula is C16H25N3O2S. The van der Waals surface area contributed by atoms with Gasteiger partial charge in [-0.3, -0.25) is 4.99 Å². The fourth-order valence-corrected chi connectivity index (χ4v) is 4.51. The lowest BCUT2D eigenvalue weighted by atomic mass is 10.0. The van der Waals surface area contributed by atoms with E-state index in [0.717, 1.165) is 18.9 Å². The van der Waals surface area contributed by atoms with Crippen molar-refractivity contribution in [3.8, 4) is 0 Å². The van der Waals surface area contributed by atoms with Gasteiger partial charge in [0.15, 0.2) is 15.8 Å². The van der Waals surface area contributed by atoms with E-state index in [4.69, 9.17) is 0 Å². The number of aliphatic imine (C=N–C) groups is 1. The Morgan fingerprint density at radius 3 is 2.64 bits per heavy atom. The number of guanidine groups is 1. The summed E-state index contributed by atoms with van der Waals surface area (Å²) in [6.45, 7) is 3.60. The van der Waals surface area contributed by atoms with Crippen molar-refractivity contribution in [2.24, 2.45) is 10.9 Å². The summed E-state index contributed by atoms with van der Waals surface area (Å²) < 4.78 is 22.9. The van der Waals surface area contributed by atoms with Crippen molar-refractivity contribution in [1.82, 2.24) is 10.6 Å². The number of nitrogens with one attached hydrogen (secondary N) is 2. The van der Waals surface area contributed by atoms with Crippen LogP contribution in [0, 0.1) is 5.92 Å². The number of nitrogens with zero attached hydrogens (tertiary/aromatic N) is 1. The first-order valence-electron chi connectivity index (χ1n) is 7.70. The third kappa shape index (κ3) is 5.02. The van der Waals surface area contributed by atoms with Crippen molar-refractivity contribution < 1.29 is 8.42 Å². The molecule has 0 amide bonds. The molecule has 0 radical (unpaired) electrons. The Morgan fingerprint density at radius 1 is 1.32 bits per heavy atom. The van der Waals surface area contributed by atoms with Crippen LogP contribution in [0.1, 0.15) is 24.8 Å². The predicted octanol–water partition coefficient (Wildman–Crippen LogP) is 1.39. The summed E-state index contributed by atoms with van der Waals surface area (Å²) in [5.74, 6) is 1.90. The highest BCUT2D eigenvalue weighted by Gasteiger charge is 2.27. The van der Waals surface area contributed by atoms with Crippen LogP contribution in [-0.2, 0) is 9.84 Å². The summed E-state index contributed by atoms with van der Waals surface area (Å²) in [5.41, 5.74) is 1.28. The Labute approximate surface area is 133 Å². The van der Waals surface area contributed by atoms with E-state index in [1.165, 1.54) is 5.56 Å². The van der Waals surface area contributed by atoms with Crippen LogP contribution < -0.4 is 10.6 Å². The second-order valence-electron chi connectivity index (χ2n) is 5.91. The second-order valence-corrected chi connectivity index (χ2v) is 8.14. The van der Waals surface area contributed by atoms with Crippen LogP contribution in [-0.4, -0.2) is 46.0 Å². The molecule has 1 aliphatic rings. The number of hydrogen-bond donors (Lipinski definition) is 2. The van der Waals surface area contributed by atoms with Gasteiger partial charge in [0.2, 0.25) is 0 Å². The molecule has 1 fully saturated rings. The predicted molar refractivity (Wildman–Crippen MR) is 91.0 cm³/mol. The maximum absolute atomic E-state index is 11.5. The number of hydrogen-bond acceptors (Lipinski definition) is 3. The summed E-state index contributed by atoms with van der Waals surface area (Å²) in [5, 5.41) is 6.53. The van der Waals surface area contributed by atoms with Gasteiger partial charge < -0.3 is 10.6 Å². The fraction of sp³-hybridized carbons (Fsp3) is 0.562. The lowest BCUT2D eigenvalue weighted by molar-refractivity contribution is 0.565. The Kier molecular flexibility index (Phi) is 5.83. The molecule has 5 nitrogen and oxygen atoms in total. The van der Waals surface area contributed by atoms with E-state index < -0.39 is 9.84 Å². The van der Waals surface area contributed by atoms with Gasteiger partial charge in [-0.1, -0.05) is 37.3 Å². The normalized spacial score (nSPS) is 22.3. The third-order valence-corrected chi connectivity index (χ3v) is 5.89. The molecule has 1 saturated heterocycles. The maximum Gasteiger partial charge on any atom is 0.191 e. The van der Waals surface area contributed by atoms with Gasteiger partial charge in [0.1, 0.15) is 0 Å². The first kappa shape index (κ1) is 16.8. The van der Waals surface area contributed by atoms with Gasteiger partial charge in [0, 0.05) is 20.1 Å². The Hall–Kier alpha value is -1.56. The van der Waals surface area contributed by atoms with Crippen LogP contribution in [0.5, 0.6) is 0 Å². The largest absolute Gasteiger partial charge is 0.356 e. The lowest BCUT2D eigenvalue weighted by Gasteiger charge is -2.17. The third-order valence-electron chi connectivity index (χ3n) is 4.05. The van der Waals surface area contributed by atoms with E-state index in [1.807, 2.05) is 18.2 Å².